The Morgan fingerprint density at radius 1 is 1.11 bits per heavy atom. The van der Waals surface area contributed by atoms with Crippen molar-refractivity contribution in [2.45, 2.75) is 26.8 Å². The molecule has 0 bridgehead atoms. The summed E-state index contributed by atoms with van der Waals surface area (Å²) in [6.07, 6.45) is 4.14. The highest BCUT2D eigenvalue weighted by atomic mass is 35.5. The number of hydrogen-bond acceptors (Lipinski definition) is 3. The number of nitrogens with one attached hydrogen (secondary N) is 2. The molecular weight excluding hydrogens is 358 g/mol. The zero-order chi connectivity index (χ0) is 19.2. The number of amides is 1. The lowest BCUT2D eigenvalue weighted by atomic mass is 10.1. The average Bonchev–Trinajstić information content (AvgIpc) is 2.69. The maximum atomic E-state index is 12.7. The van der Waals surface area contributed by atoms with Gasteiger partial charge in [0, 0.05) is 29.6 Å². The Morgan fingerprint density at radius 3 is 2.63 bits per heavy atom. The molecular formula is C22H22ClN3O. The van der Waals surface area contributed by atoms with E-state index in [1.165, 1.54) is 0 Å². The second kappa shape index (κ2) is 8.69. The number of carbonyl (C=O) groups excluding carboxylic acids is 1. The van der Waals surface area contributed by atoms with Gasteiger partial charge in [-0.2, -0.15) is 0 Å². The standard InChI is InChI=1S/C22H22ClN3O/c1-3-17-6-4-5-15(2)21(17)26-22(27)18-11-20(14-24-13-18)25-12-16-7-9-19(23)10-8-16/h4-11,13-14,25H,3,12H2,1-2H3,(H,26,27). The van der Waals surface area contributed by atoms with Gasteiger partial charge in [-0.1, -0.05) is 48.9 Å². The molecule has 0 aliphatic rings. The fourth-order valence-electron chi connectivity index (χ4n) is 2.85. The zero-order valence-electron chi connectivity index (χ0n) is 15.4. The van der Waals surface area contributed by atoms with Gasteiger partial charge >= 0.3 is 0 Å². The molecule has 27 heavy (non-hydrogen) atoms. The number of aromatic nitrogens is 1. The number of aryl methyl sites for hydroxylation is 2. The smallest absolute Gasteiger partial charge is 0.257 e. The van der Waals surface area contributed by atoms with Crippen LogP contribution in [0.25, 0.3) is 0 Å². The van der Waals surface area contributed by atoms with Crippen LogP contribution >= 0.6 is 11.6 Å². The summed E-state index contributed by atoms with van der Waals surface area (Å²) in [6, 6.07) is 15.5. The third-order valence-corrected chi connectivity index (χ3v) is 4.64. The summed E-state index contributed by atoms with van der Waals surface area (Å²) < 4.78 is 0. The Labute approximate surface area is 164 Å². The quantitative estimate of drug-likeness (QED) is 0.597. The molecule has 0 unspecified atom stereocenters. The van der Waals surface area contributed by atoms with Crippen molar-refractivity contribution >= 4 is 28.9 Å². The van der Waals surface area contributed by atoms with Gasteiger partial charge in [-0.25, -0.2) is 0 Å². The molecule has 0 saturated carbocycles. The SMILES string of the molecule is CCc1cccc(C)c1NC(=O)c1cncc(NCc2ccc(Cl)cc2)c1. The van der Waals surface area contributed by atoms with E-state index in [2.05, 4.69) is 22.5 Å². The molecule has 3 aromatic rings. The number of carbonyl (C=O) groups is 1. The number of para-hydroxylation sites is 1. The first-order valence-electron chi connectivity index (χ1n) is 8.90. The number of pyridine rings is 1. The molecule has 0 saturated heterocycles. The molecule has 0 radical (unpaired) electrons. The molecule has 1 amide bonds. The van der Waals surface area contributed by atoms with Crippen LogP contribution in [0, 0.1) is 6.92 Å². The molecule has 2 aromatic carbocycles. The van der Waals surface area contributed by atoms with Crippen molar-refractivity contribution < 1.29 is 4.79 Å². The predicted octanol–water partition coefficient (Wildman–Crippen LogP) is 5.47. The fourth-order valence-corrected chi connectivity index (χ4v) is 2.98. The molecule has 0 atom stereocenters. The summed E-state index contributed by atoms with van der Waals surface area (Å²) in [4.78, 5) is 16.9. The van der Waals surface area contributed by atoms with E-state index in [4.69, 9.17) is 11.6 Å². The maximum absolute atomic E-state index is 12.7. The molecule has 0 spiro atoms. The van der Waals surface area contributed by atoms with Gasteiger partial charge in [0.2, 0.25) is 0 Å². The first-order valence-corrected chi connectivity index (χ1v) is 9.28. The van der Waals surface area contributed by atoms with Gasteiger partial charge < -0.3 is 10.6 Å². The first-order chi connectivity index (χ1) is 13.1. The van der Waals surface area contributed by atoms with Crippen molar-refractivity contribution in [3.63, 3.8) is 0 Å². The lowest BCUT2D eigenvalue weighted by Crippen LogP contribution is -2.15. The Bertz CT molecular complexity index is 939. The van der Waals surface area contributed by atoms with Gasteiger partial charge in [-0.15, -0.1) is 0 Å². The van der Waals surface area contributed by atoms with E-state index < -0.39 is 0 Å². The van der Waals surface area contributed by atoms with Gasteiger partial charge in [-0.3, -0.25) is 9.78 Å². The van der Waals surface area contributed by atoms with Crippen LogP contribution < -0.4 is 10.6 Å². The number of anilines is 2. The van der Waals surface area contributed by atoms with E-state index in [1.807, 2.05) is 55.5 Å². The topological polar surface area (TPSA) is 54.0 Å². The zero-order valence-corrected chi connectivity index (χ0v) is 16.2. The molecule has 4 nitrogen and oxygen atoms in total. The van der Waals surface area contributed by atoms with Gasteiger partial charge in [0.25, 0.3) is 5.91 Å². The summed E-state index contributed by atoms with van der Waals surface area (Å²) in [5.74, 6) is -0.165. The van der Waals surface area contributed by atoms with Crippen LogP contribution in [-0.4, -0.2) is 10.9 Å². The highest BCUT2D eigenvalue weighted by molar-refractivity contribution is 6.30. The first kappa shape index (κ1) is 18.9. The van der Waals surface area contributed by atoms with Gasteiger partial charge in [0.05, 0.1) is 11.3 Å². The Kier molecular flexibility index (Phi) is 6.09. The maximum Gasteiger partial charge on any atom is 0.257 e. The minimum absolute atomic E-state index is 0.165. The Balaban J connectivity index is 1.71. The lowest BCUT2D eigenvalue weighted by molar-refractivity contribution is 0.102. The van der Waals surface area contributed by atoms with E-state index >= 15 is 0 Å². The number of nitrogens with zero attached hydrogens (tertiary/aromatic N) is 1. The van der Waals surface area contributed by atoms with Crippen LogP contribution in [0.4, 0.5) is 11.4 Å². The molecule has 0 aliphatic heterocycles. The normalized spacial score (nSPS) is 10.5. The molecule has 0 aliphatic carbocycles. The highest BCUT2D eigenvalue weighted by Crippen LogP contribution is 2.22. The van der Waals surface area contributed by atoms with Crippen LogP contribution in [-0.2, 0) is 13.0 Å². The molecule has 5 heteroatoms. The van der Waals surface area contributed by atoms with Crippen LogP contribution in [0.15, 0.2) is 60.9 Å². The van der Waals surface area contributed by atoms with Gasteiger partial charge in [-0.05, 0) is 48.2 Å². The average molecular weight is 380 g/mol. The lowest BCUT2D eigenvalue weighted by Gasteiger charge is -2.13. The van der Waals surface area contributed by atoms with E-state index in [0.717, 1.165) is 34.5 Å². The summed E-state index contributed by atoms with van der Waals surface area (Å²) >= 11 is 5.91. The summed E-state index contributed by atoms with van der Waals surface area (Å²) in [6.45, 7) is 4.70. The third kappa shape index (κ3) is 4.86. The summed E-state index contributed by atoms with van der Waals surface area (Å²) in [5, 5.41) is 7.03. The van der Waals surface area contributed by atoms with Crippen molar-refractivity contribution in [3.05, 3.63) is 88.2 Å². The van der Waals surface area contributed by atoms with Gasteiger partial charge in [0.1, 0.15) is 0 Å². The highest BCUT2D eigenvalue weighted by Gasteiger charge is 2.11. The van der Waals surface area contributed by atoms with Crippen LogP contribution in [0.2, 0.25) is 5.02 Å². The summed E-state index contributed by atoms with van der Waals surface area (Å²) in [7, 11) is 0. The van der Waals surface area contributed by atoms with Crippen molar-refractivity contribution in [1.29, 1.82) is 0 Å². The fraction of sp³-hybridized carbons (Fsp3) is 0.182. The number of halogens is 1. The Hall–Kier alpha value is -2.85. The van der Waals surface area contributed by atoms with Crippen molar-refractivity contribution in [3.8, 4) is 0 Å². The molecule has 3 rings (SSSR count). The van der Waals surface area contributed by atoms with E-state index in [1.54, 1.807) is 12.4 Å². The van der Waals surface area contributed by atoms with Crippen LogP contribution in [0.3, 0.4) is 0 Å². The number of benzene rings is 2. The third-order valence-electron chi connectivity index (χ3n) is 4.39. The van der Waals surface area contributed by atoms with Crippen molar-refractivity contribution in [1.82, 2.24) is 4.98 Å². The number of hydrogen-bond donors (Lipinski definition) is 2. The molecule has 1 aromatic heterocycles. The monoisotopic (exact) mass is 379 g/mol. The predicted molar refractivity (Wildman–Crippen MR) is 112 cm³/mol. The summed E-state index contributed by atoms with van der Waals surface area (Å²) in [5.41, 5.74) is 5.45. The van der Waals surface area contributed by atoms with E-state index in [0.29, 0.717) is 17.1 Å². The van der Waals surface area contributed by atoms with Gasteiger partial charge in [0.15, 0.2) is 0 Å². The minimum atomic E-state index is -0.165. The molecule has 2 N–H and O–H groups in total. The van der Waals surface area contributed by atoms with Crippen molar-refractivity contribution in [2.24, 2.45) is 0 Å². The minimum Gasteiger partial charge on any atom is -0.380 e. The Morgan fingerprint density at radius 2 is 1.89 bits per heavy atom. The largest absolute Gasteiger partial charge is 0.380 e. The van der Waals surface area contributed by atoms with E-state index in [-0.39, 0.29) is 5.91 Å². The van der Waals surface area contributed by atoms with E-state index in [9.17, 15) is 4.79 Å². The number of rotatable bonds is 6. The molecule has 0 fully saturated rings. The van der Waals surface area contributed by atoms with Crippen molar-refractivity contribution in [2.75, 3.05) is 10.6 Å². The van der Waals surface area contributed by atoms with Crippen LogP contribution in [0.1, 0.15) is 34.0 Å². The second-order valence-corrected chi connectivity index (χ2v) is 6.80. The second-order valence-electron chi connectivity index (χ2n) is 6.36. The molecule has 1 heterocycles. The molecule has 138 valence electrons. The van der Waals surface area contributed by atoms with Crippen LogP contribution in [0.5, 0.6) is 0 Å².